The molecule has 2 aromatic carbocycles. The molecule has 2 heterocycles. The maximum absolute atomic E-state index is 12.6. The van der Waals surface area contributed by atoms with Gasteiger partial charge in [-0.05, 0) is 42.5 Å². The third kappa shape index (κ3) is 5.93. The van der Waals surface area contributed by atoms with E-state index in [9.17, 15) is 18.0 Å². The molecule has 11 heteroatoms. The fraction of sp³-hybridized carbons (Fsp3) is 0.304. The van der Waals surface area contributed by atoms with Gasteiger partial charge in [0.25, 0.3) is 0 Å². The normalized spacial score (nSPS) is 14.6. The van der Waals surface area contributed by atoms with E-state index in [2.05, 4.69) is 0 Å². The summed E-state index contributed by atoms with van der Waals surface area (Å²) in [4.78, 5) is 23.4. The minimum absolute atomic E-state index is 0.0113. The van der Waals surface area contributed by atoms with Crippen LogP contribution in [-0.2, 0) is 24.3 Å². The molecular formula is C23H23NO9S. The Morgan fingerprint density at radius 3 is 2.38 bits per heavy atom. The summed E-state index contributed by atoms with van der Waals surface area (Å²) in [5.41, 5.74) is -0.118. The number of rotatable bonds is 9. The number of nitrogens with zero attached hydrogens (tertiary/aromatic N) is 1. The van der Waals surface area contributed by atoms with Gasteiger partial charge >= 0.3 is 11.6 Å². The maximum Gasteiger partial charge on any atom is 0.344 e. The Morgan fingerprint density at radius 1 is 0.912 bits per heavy atom. The molecule has 3 aromatic rings. The summed E-state index contributed by atoms with van der Waals surface area (Å²) >= 11 is 0. The fourth-order valence-corrected chi connectivity index (χ4v) is 4.68. The number of benzene rings is 2. The molecule has 0 radical (unpaired) electrons. The van der Waals surface area contributed by atoms with Crippen LogP contribution in [0.4, 0.5) is 0 Å². The molecular weight excluding hydrogens is 466 g/mol. The Hall–Kier alpha value is -3.41. The van der Waals surface area contributed by atoms with Crippen molar-refractivity contribution in [3.05, 3.63) is 65.0 Å². The molecule has 34 heavy (non-hydrogen) atoms. The van der Waals surface area contributed by atoms with Crippen molar-refractivity contribution in [2.75, 3.05) is 46.1 Å². The SMILES string of the molecule is O=C(COc1ccc2ccc(=O)oc2c1)OCCOc1ccc(S(=O)(=O)N2CCOCC2)cc1. The Morgan fingerprint density at radius 2 is 1.62 bits per heavy atom. The molecule has 0 saturated carbocycles. The summed E-state index contributed by atoms with van der Waals surface area (Å²) in [5, 5.41) is 0.735. The minimum Gasteiger partial charge on any atom is -0.490 e. The molecule has 10 nitrogen and oxygen atoms in total. The van der Waals surface area contributed by atoms with Crippen LogP contribution in [0.15, 0.2) is 68.7 Å². The number of carbonyl (C=O) groups excluding carboxylic acids is 1. The summed E-state index contributed by atoms with van der Waals surface area (Å²) in [6, 6.07) is 13.9. The van der Waals surface area contributed by atoms with Crippen LogP contribution in [0.1, 0.15) is 0 Å². The number of ether oxygens (including phenoxy) is 4. The van der Waals surface area contributed by atoms with Crippen molar-refractivity contribution in [3.8, 4) is 11.5 Å². The highest BCUT2D eigenvalue weighted by Crippen LogP contribution is 2.21. The van der Waals surface area contributed by atoms with Gasteiger partial charge in [-0.15, -0.1) is 0 Å². The zero-order valence-electron chi connectivity index (χ0n) is 18.2. The molecule has 0 amide bonds. The quantitative estimate of drug-likeness (QED) is 0.252. The molecule has 0 unspecified atom stereocenters. The van der Waals surface area contributed by atoms with Gasteiger partial charge in [0, 0.05) is 30.6 Å². The number of hydrogen-bond acceptors (Lipinski definition) is 9. The van der Waals surface area contributed by atoms with E-state index in [0.29, 0.717) is 43.4 Å². The second kappa shape index (κ2) is 10.7. The third-order valence-corrected chi connectivity index (χ3v) is 6.91. The molecule has 1 aliphatic rings. The second-order valence-corrected chi connectivity index (χ2v) is 9.24. The molecule has 1 aromatic heterocycles. The van der Waals surface area contributed by atoms with Gasteiger partial charge in [-0.25, -0.2) is 18.0 Å². The Balaban J connectivity index is 1.20. The molecule has 1 fully saturated rings. The molecule has 1 aliphatic heterocycles. The zero-order valence-corrected chi connectivity index (χ0v) is 19.0. The van der Waals surface area contributed by atoms with Crippen LogP contribution in [0.5, 0.6) is 11.5 Å². The minimum atomic E-state index is -3.57. The van der Waals surface area contributed by atoms with Gasteiger partial charge in [-0.3, -0.25) is 0 Å². The van der Waals surface area contributed by atoms with Crippen molar-refractivity contribution in [2.45, 2.75) is 4.90 Å². The van der Waals surface area contributed by atoms with Gasteiger partial charge in [-0.2, -0.15) is 4.31 Å². The monoisotopic (exact) mass is 489 g/mol. The second-order valence-electron chi connectivity index (χ2n) is 7.30. The molecule has 0 spiro atoms. The van der Waals surface area contributed by atoms with E-state index >= 15 is 0 Å². The van der Waals surface area contributed by atoms with Gasteiger partial charge in [0.1, 0.15) is 30.3 Å². The van der Waals surface area contributed by atoms with E-state index in [1.54, 1.807) is 30.3 Å². The summed E-state index contributed by atoms with van der Waals surface area (Å²) in [6.45, 7) is 1.16. The lowest BCUT2D eigenvalue weighted by Gasteiger charge is -2.26. The maximum atomic E-state index is 12.6. The van der Waals surface area contributed by atoms with Crippen LogP contribution < -0.4 is 15.1 Å². The number of carbonyl (C=O) groups is 1. The Labute approximate surface area is 195 Å². The number of sulfonamides is 1. The smallest absolute Gasteiger partial charge is 0.344 e. The number of morpholine rings is 1. The van der Waals surface area contributed by atoms with Crippen LogP contribution >= 0.6 is 0 Å². The lowest BCUT2D eigenvalue weighted by molar-refractivity contribution is -0.146. The van der Waals surface area contributed by atoms with Crippen LogP contribution in [0.2, 0.25) is 0 Å². The van der Waals surface area contributed by atoms with Crippen LogP contribution in [0, 0.1) is 0 Å². The molecule has 0 bridgehead atoms. The highest BCUT2D eigenvalue weighted by molar-refractivity contribution is 7.89. The molecule has 180 valence electrons. The summed E-state index contributed by atoms with van der Waals surface area (Å²) < 4.78 is 52.9. The molecule has 1 saturated heterocycles. The van der Waals surface area contributed by atoms with Crippen molar-refractivity contribution in [3.63, 3.8) is 0 Å². The van der Waals surface area contributed by atoms with E-state index in [4.69, 9.17) is 23.4 Å². The van der Waals surface area contributed by atoms with Crippen molar-refractivity contribution in [1.82, 2.24) is 4.31 Å². The number of hydrogen-bond donors (Lipinski definition) is 0. The standard InChI is InChI=1S/C23H23NO9S/c25-22-8-2-17-1-3-19(15-21(17)33-22)32-16-23(26)31-14-13-30-18-4-6-20(7-5-18)34(27,28)24-9-11-29-12-10-24/h1-8,15H,9-14,16H2. The van der Waals surface area contributed by atoms with Crippen molar-refractivity contribution in [1.29, 1.82) is 0 Å². The average Bonchev–Trinajstić information content (AvgIpc) is 2.86. The molecule has 0 aliphatic carbocycles. The lowest BCUT2D eigenvalue weighted by atomic mass is 10.2. The van der Waals surface area contributed by atoms with Gasteiger partial charge < -0.3 is 23.4 Å². The van der Waals surface area contributed by atoms with Gasteiger partial charge in [0.05, 0.1) is 18.1 Å². The molecule has 4 rings (SSSR count). The van der Waals surface area contributed by atoms with Crippen LogP contribution in [0.25, 0.3) is 11.0 Å². The van der Waals surface area contributed by atoms with Crippen molar-refractivity contribution in [2.24, 2.45) is 0 Å². The predicted octanol–water partition coefficient (Wildman–Crippen LogP) is 1.81. The first-order valence-corrected chi connectivity index (χ1v) is 12.0. The van der Waals surface area contributed by atoms with E-state index in [-0.39, 0.29) is 24.7 Å². The van der Waals surface area contributed by atoms with Crippen LogP contribution in [-0.4, -0.2) is 64.8 Å². The van der Waals surface area contributed by atoms with Gasteiger partial charge in [0.15, 0.2) is 6.61 Å². The van der Waals surface area contributed by atoms with E-state index in [1.807, 2.05) is 0 Å². The topological polar surface area (TPSA) is 122 Å². The van der Waals surface area contributed by atoms with E-state index in [0.717, 1.165) is 5.39 Å². The predicted molar refractivity (Wildman–Crippen MR) is 120 cm³/mol. The van der Waals surface area contributed by atoms with Crippen molar-refractivity contribution >= 4 is 27.0 Å². The third-order valence-electron chi connectivity index (χ3n) is 5.00. The largest absolute Gasteiger partial charge is 0.490 e. The fourth-order valence-electron chi connectivity index (χ4n) is 3.27. The van der Waals surface area contributed by atoms with Gasteiger partial charge in [0.2, 0.25) is 10.0 Å². The molecule has 0 N–H and O–H groups in total. The number of fused-ring (bicyclic) bond motifs is 1. The molecule has 0 atom stereocenters. The van der Waals surface area contributed by atoms with Crippen LogP contribution in [0.3, 0.4) is 0 Å². The first-order valence-electron chi connectivity index (χ1n) is 10.5. The summed E-state index contributed by atoms with van der Waals surface area (Å²) in [6.07, 6.45) is 0. The Bertz CT molecular complexity index is 1300. The zero-order chi connectivity index (χ0) is 24.0. The lowest BCUT2D eigenvalue weighted by Crippen LogP contribution is -2.40. The van der Waals surface area contributed by atoms with Crippen molar-refractivity contribution < 1.29 is 36.6 Å². The first kappa shape index (κ1) is 23.7. The first-order chi connectivity index (χ1) is 16.4. The summed E-state index contributed by atoms with van der Waals surface area (Å²) in [5.74, 6) is 0.221. The number of esters is 1. The highest BCUT2D eigenvalue weighted by Gasteiger charge is 2.26. The van der Waals surface area contributed by atoms with E-state index < -0.39 is 21.6 Å². The highest BCUT2D eigenvalue weighted by atomic mass is 32.2. The van der Waals surface area contributed by atoms with Gasteiger partial charge in [-0.1, -0.05) is 0 Å². The van der Waals surface area contributed by atoms with E-state index in [1.165, 1.54) is 28.6 Å². The Kier molecular flexibility index (Phi) is 7.46. The average molecular weight is 490 g/mol. The summed E-state index contributed by atoms with van der Waals surface area (Å²) in [7, 11) is -3.57.